The van der Waals surface area contributed by atoms with Crippen molar-refractivity contribution in [1.82, 2.24) is 0 Å². The quantitative estimate of drug-likeness (QED) is 0.386. The molecule has 0 fully saturated rings. The van der Waals surface area contributed by atoms with Crippen LogP contribution in [-0.4, -0.2) is 22.8 Å². The molecule has 0 aliphatic carbocycles. The molecule has 0 radical (unpaired) electrons. The molecule has 1 atom stereocenters. The number of halogens is 2. The van der Waals surface area contributed by atoms with E-state index in [0.29, 0.717) is 0 Å². The highest BCUT2D eigenvalue weighted by molar-refractivity contribution is 6.80. The number of carbonyl (C=O) groups is 1. The van der Waals surface area contributed by atoms with E-state index in [1.54, 1.807) is 0 Å². The summed E-state index contributed by atoms with van der Waals surface area (Å²) < 4.78 is 0. The summed E-state index contributed by atoms with van der Waals surface area (Å²) in [7, 11) is 0. The number of alkyl halides is 1. The lowest BCUT2D eigenvalue weighted by molar-refractivity contribution is -0.117. The van der Waals surface area contributed by atoms with Crippen molar-refractivity contribution in [2.75, 3.05) is 0 Å². The van der Waals surface area contributed by atoms with Crippen LogP contribution in [0.5, 0.6) is 0 Å². The Labute approximate surface area is 61.4 Å². The summed E-state index contributed by atoms with van der Waals surface area (Å²) in [5, 5.41) is 0.162. The minimum Gasteiger partial charge on any atom is -0.269 e. The fourth-order valence-electron chi connectivity index (χ4n) is 0.375. The fourth-order valence-corrected chi connectivity index (χ4v) is 0.733. The summed E-state index contributed by atoms with van der Waals surface area (Å²) >= 11 is 10.7. The zero-order valence-corrected chi connectivity index (χ0v) is 5.73. The average molecular weight is 165 g/mol. The third-order valence-corrected chi connectivity index (χ3v) is 1.22. The summed E-state index contributed by atoms with van der Waals surface area (Å²) in [5.41, 5.74) is -0.928. The summed E-state index contributed by atoms with van der Waals surface area (Å²) in [6, 6.07) is 0. The predicted octanol–water partition coefficient (Wildman–Crippen LogP) is 0.800. The minimum absolute atomic E-state index is 0.162. The van der Waals surface area contributed by atoms with Gasteiger partial charge in [-0.25, -0.2) is 9.98 Å². The molecular formula is C4H2Cl2N2O. The van der Waals surface area contributed by atoms with Crippen molar-refractivity contribution in [1.29, 1.82) is 0 Å². The molecular weight excluding hydrogens is 163 g/mol. The average Bonchev–Trinajstić information content (AvgIpc) is 1.80. The molecule has 1 amide bonds. The van der Waals surface area contributed by atoms with Gasteiger partial charge in [0.1, 0.15) is 5.17 Å². The molecule has 48 valence electrons. The SMILES string of the molecule is O=C1N=CC(Cl)=NC1Cl. The van der Waals surface area contributed by atoms with Crippen LogP contribution in [0.3, 0.4) is 0 Å². The van der Waals surface area contributed by atoms with E-state index in [1.807, 2.05) is 0 Å². The lowest BCUT2D eigenvalue weighted by Crippen LogP contribution is -2.16. The summed E-state index contributed by atoms with van der Waals surface area (Å²) in [6.45, 7) is 0. The second kappa shape index (κ2) is 2.45. The maximum absolute atomic E-state index is 10.4. The van der Waals surface area contributed by atoms with E-state index in [1.165, 1.54) is 6.21 Å². The number of carbonyl (C=O) groups excluding carboxylic acids is 1. The monoisotopic (exact) mass is 164 g/mol. The van der Waals surface area contributed by atoms with E-state index in [4.69, 9.17) is 23.2 Å². The lowest BCUT2D eigenvalue weighted by atomic mass is 10.5. The smallest absolute Gasteiger partial charge is 0.269 e. The summed E-state index contributed by atoms with van der Waals surface area (Å²) in [4.78, 5) is 17.3. The molecule has 0 spiro atoms. The third-order valence-electron chi connectivity index (χ3n) is 0.739. The van der Waals surface area contributed by atoms with Crippen LogP contribution in [0.15, 0.2) is 9.98 Å². The second-order valence-electron chi connectivity index (χ2n) is 1.38. The van der Waals surface area contributed by atoms with Gasteiger partial charge in [0, 0.05) is 0 Å². The first-order valence-electron chi connectivity index (χ1n) is 2.15. The Balaban J connectivity index is 2.82. The van der Waals surface area contributed by atoms with E-state index >= 15 is 0 Å². The van der Waals surface area contributed by atoms with Gasteiger partial charge in [0.25, 0.3) is 5.91 Å². The molecule has 1 aliphatic heterocycles. The molecule has 0 aromatic heterocycles. The van der Waals surface area contributed by atoms with Gasteiger partial charge in [-0.05, 0) is 0 Å². The Morgan fingerprint density at radius 2 is 2.33 bits per heavy atom. The number of hydrogen-bond donors (Lipinski definition) is 0. The van der Waals surface area contributed by atoms with Gasteiger partial charge >= 0.3 is 0 Å². The highest BCUT2D eigenvalue weighted by atomic mass is 35.5. The highest BCUT2D eigenvalue weighted by Gasteiger charge is 2.15. The number of amides is 1. The van der Waals surface area contributed by atoms with Crippen molar-refractivity contribution < 1.29 is 4.79 Å². The molecule has 5 heteroatoms. The Hall–Kier alpha value is -0.410. The third kappa shape index (κ3) is 1.50. The van der Waals surface area contributed by atoms with Gasteiger partial charge < -0.3 is 0 Å². The van der Waals surface area contributed by atoms with Gasteiger partial charge in [0.15, 0.2) is 0 Å². The van der Waals surface area contributed by atoms with E-state index < -0.39 is 11.4 Å². The normalized spacial score (nSPS) is 26.2. The second-order valence-corrected chi connectivity index (χ2v) is 2.18. The lowest BCUT2D eigenvalue weighted by Gasteiger charge is -2.01. The van der Waals surface area contributed by atoms with Crippen LogP contribution in [0.4, 0.5) is 0 Å². The molecule has 0 saturated heterocycles. The van der Waals surface area contributed by atoms with Crippen LogP contribution in [0.2, 0.25) is 0 Å². The predicted molar refractivity (Wildman–Crippen MR) is 36.4 cm³/mol. The number of rotatable bonds is 0. The van der Waals surface area contributed by atoms with Gasteiger partial charge in [0.2, 0.25) is 5.50 Å². The van der Waals surface area contributed by atoms with Crippen LogP contribution in [-0.2, 0) is 4.79 Å². The standard InChI is InChI=1S/C4H2Cl2N2O/c5-2-1-7-4(9)3(6)8-2/h1,3H. The topological polar surface area (TPSA) is 41.8 Å². The number of nitrogens with zero attached hydrogens (tertiary/aromatic N) is 2. The van der Waals surface area contributed by atoms with Crippen molar-refractivity contribution in [2.45, 2.75) is 5.50 Å². The van der Waals surface area contributed by atoms with E-state index in [-0.39, 0.29) is 5.17 Å². The molecule has 1 aliphatic rings. The van der Waals surface area contributed by atoms with Gasteiger partial charge in [-0.15, -0.1) is 0 Å². The first-order chi connectivity index (χ1) is 4.20. The first-order valence-corrected chi connectivity index (χ1v) is 2.97. The Morgan fingerprint density at radius 3 is 2.78 bits per heavy atom. The molecule has 0 aromatic rings. The van der Waals surface area contributed by atoms with Gasteiger partial charge in [-0.3, -0.25) is 4.79 Å². The molecule has 1 rings (SSSR count). The summed E-state index contributed by atoms with van der Waals surface area (Å²) in [5.74, 6) is -0.471. The number of hydrogen-bond acceptors (Lipinski definition) is 2. The zero-order valence-electron chi connectivity index (χ0n) is 4.21. The van der Waals surface area contributed by atoms with E-state index in [9.17, 15) is 4.79 Å². The molecule has 0 saturated carbocycles. The molecule has 1 unspecified atom stereocenters. The maximum atomic E-state index is 10.4. The molecule has 3 nitrogen and oxygen atoms in total. The minimum atomic E-state index is -0.928. The van der Waals surface area contributed by atoms with Crippen molar-refractivity contribution in [3.63, 3.8) is 0 Å². The van der Waals surface area contributed by atoms with Crippen LogP contribution in [0, 0.1) is 0 Å². The fraction of sp³-hybridized carbons (Fsp3) is 0.250. The molecule has 0 aromatic carbocycles. The zero-order chi connectivity index (χ0) is 6.85. The number of aliphatic imine (C=N–C) groups is 2. The van der Waals surface area contributed by atoms with Crippen LogP contribution < -0.4 is 0 Å². The van der Waals surface area contributed by atoms with Crippen molar-refractivity contribution in [2.24, 2.45) is 9.98 Å². The largest absolute Gasteiger partial charge is 0.285 e. The maximum Gasteiger partial charge on any atom is 0.285 e. The van der Waals surface area contributed by atoms with Crippen LogP contribution in [0.1, 0.15) is 0 Å². The molecule has 0 bridgehead atoms. The molecule has 9 heavy (non-hydrogen) atoms. The Kier molecular flexibility index (Phi) is 1.83. The van der Waals surface area contributed by atoms with Gasteiger partial charge in [-0.2, -0.15) is 0 Å². The Morgan fingerprint density at radius 1 is 1.67 bits per heavy atom. The first kappa shape index (κ1) is 6.71. The van der Waals surface area contributed by atoms with Crippen molar-refractivity contribution in [3.8, 4) is 0 Å². The van der Waals surface area contributed by atoms with E-state index in [0.717, 1.165) is 0 Å². The van der Waals surface area contributed by atoms with E-state index in [2.05, 4.69) is 9.98 Å². The Bertz CT molecular complexity index is 199. The van der Waals surface area contributed by atoms with Crippen LogP contribution >= 0.6 is 23.2 Å². The van der Waals surface area contributed by atoms with Gasteiger partial charge in [0.05, 0.1) is 6.21 Å². The van der Waals surface area contributed by atoms with Gasteiger partial charge in [-0.1, -0.05) is 23.2 Å². The molecule has 0 N–H and O–H groups in total. The summed E-state index contributed by atoms with van der Waals surface area (Å²) in [6.07, 6.45) is 1.17. The van der Waals surface area contributed by atoms with Crippen molar-refractivity contribution in [3.05, 3.63) is 0 Å². The highest BCUT2D eigenvalue weighted by Crippen LogP contribution is 2.05. The molecule has 1 heterocycles. The van der Waals surface area contributed by atoms with Crippen LogP contribution in [0.25, 0.3) is 0 Å². The van der Waals surface area contributed by atoms with Crippen molar-refractivity contribution >= 4 is 40.5 Å².